The van der Waals surface area contributed by atoms with Crippen LogP contribution in [0.5, 0.6) is 5.75 Å². The predicted octanol–water partition coefficient (Wildman–Crippen LogP) is 5.73. The summed E-state index contributed by atoms with van der Waals surface area (Å²) in [7, 11) is -4.06. The van der Waals surface area contributed by atoms with Gasteiger partial charge >= 0.3 is 11.6 Å². The fraction of sp³-hybridized carbons (Fsp3) is 0.250. The van der Waals surface area contributed by atoms with E-state index in [1.807, 2.05) is 31.2 Å². The molecule has 0 saturated heterocycles. The molecule has 2 N–H and O–H groups in total. The van der Waals surface area contributed by atoms with Gasteiger partial charge in [0.15, 0.2) is 0 Å². The molecule has 2 aromatic heterocycles. The topological polar surface area (TPSA) is 118 Å². The van der Waals surface area contributed by atoms with Crippen molar-refractivity contribution in [3.05, 3.63) is 106 Å². The van der Waals surface area contributed by atoms with E-state index in [1.165, 1.54) is 18.2 Å². The van der Waals surface area contributed by atoms with Crippen molar-refractivity contribution in [2.45, 2.75) is 57.4 Å². The minimum Gasteiger partial charge on any atom is -0.425 e. The molecule has 41 heavy (non-hydrogen) atoms. The summed E-state index contributed by atoms with van der Waals surface area (Å²) in [6.45, 7) is 5.65. The molecular weight excluding hydrogens is 540 g/mol. The minimum atomic E-state index is -4.06. The van der Waals surface area contributed by atoms with Crippen molar-refractivity contribution >= 4 is 37.9 Å². The first-order valence-electron chi connectivity index (χ1n) is 13.6. The third kappa shape index (κ3) is 6.11. The van der Waals surface area contributed by atoms with Gasteiger partial charge in [0, 0.05) is 40.5 Å². The molecule has 0 fully saturated rings. The van der Waals surface area contributed by atoms with Gasteiger partial charge in [-0.05, 0) is 68.1 Å². The number of sulfonamides is 1. The number of aromatic nitrogens is 1. The Kier molecular flexibility index (Phi) is 8.10. The number of carbonyl (C=O) groups is 1. The van der Waals surface area contributed by atoms with Crippen LogP contribution in [0.3, 0.4) is 0 Å². The number of esters is 1. The lowest BCUT2D eigenvalue weighted by Crippen LogP contribution is -2.44. The van der Waals surface area contributed by atoms with Crippen LogP contribution >= 0.6 is 0 Å². The molecule has 0 aliphatic rings. The Morgan fingerprint density at radius 2 is 1.76 bits per heavy atom. The molecular formula is C32H32N2O6S. The number of nitrogens with one attached hydrogen (secondary N) is 2. The van der Waals surface area contributed by atoms with E-state index in [-0.39, 0.29) is 17.1 Å². The van der Waals surface area contributed by atoms with Crippen molar-refractivity contribution in [1.82, 2.24) is 9.71 Å². The van der Waals surface area contributed by atoms with Crippen LogP contribution in [0, 0.1) is 13.8 Å². The van der Waals surface area contributed by atoms with E-state index < -0.39 is 27.7 Å². The molecule has 0 bridgehead atoms. The summed E-state index contributed by atoms with van der Waals surface area (Å²) in [6.07, 6.45) is 4.44. The van der Waals surface area contributed by atoms with E-state index in [0.717, 1.165) is 52.2 Å². The van der Waals surface area contributed by atoms with Gasteiger partial charge < -0.3 is 14.1 Å². The molecule has 1 atom stereocenters. The average molecular weight is 573 g/mol. The van der Waals surface area contributed by atoms with E-state index in [9.17, 15) is 18.0 Å². The maximum absolute atomic E-state index is 13.6. The number of H-pyrrole nitrogens is 1. The fourth-order valence-electron chi connectivity index (χ4n) is 4.94. The first kappa shape index (κ1) is 28.3. The molecule has 0 amide bonds. The Hall–Kier alpha value is -4.21. The second-order valence-corrected chi connectivity index (χ2v) is 11.9. The predicted molar refractivity (Wildman–Crippen MR) is 159 cm³/mol. The van der Waals surface area contributed by atoms with Crippen molar-refractivity contribution in [3.63, 3.8) is 0 Å². The van der Waals surface area contributed by atoms with Crippen molar-refractivity contribution in [2.75, 3.05) is 0 Å². The third-order valence-electron chi connectivity index (χ3n) is 7.22. The number of ether oxygens (including phenoxy) is 1. The highest BCUT2D eigenvalue weighted by Gasteiger charge is 2.29. The molecule has 8 nitrogen and oxygen atoms in total. The minimum absolute atomic E-state index is 0.0445. The summed E-state index contributed by atoms with van der Waals surface area (Å²) in [5, 5.41) is 1.66. The molecule has 0 unspecified atom stereocenters. The number of aryl methyl sites for hydroxylation is 3. The Balaban J connectivity index is 1.49. The second kappa shape index (κ2) is 11.7. The van der Waals surface area contributed by atoms with Crippen LogP contribution < -0.4 is 15.1 Å². The molecule has 0 saturated carbocycles. The number of unbranched alkanes of at least 4 members (excludes halogenated alkanes) is 1. The maximum Gasteiger partial charge on any atom is 0.336 e. The maximum atomic E-state index is 13.6. The molecule has 0 spiro atoms. The van der Waals surface area contributed by atoms with Gasteiger partial charge in [-0.25, -0.2) is 18.0 Å². The zero-order chi connectivity index (χ0) is 29.1. The number of aromatic amines is 1. The highest BCUT2D eigenvalue weighted by atomic mass is 32.2. The highest BCUT2D eigenvalue weighted by molar-refractivity contribution is 7.89. The Morgan fingerprint density at radius 1 is 1.00 bits per heavy atom. The summed E-state index contributed by atoms with van der Waals surface area (Å²) >= 11 is 0. The van der Waals surface area contributed by atoms with Gasteiger partial charge in [0.05, 0.1) is 4.90 Å². The lowest BCUT2D eigenvalue weighted by atomic mass is 10.0. The van der Waals surface area contributed by atoms with Gasteiger partial charge in [0.2, 0.25) is 10.0 Å². The molecule has 2 heterocycles. The number of hydrogen-bond donors (Lipinski definition) is 2. The summed E-state index contributed by atoms with van der Waals surface area (Å²) in [6, 6.07) is 17.7. The van der Waals surface area contributed by atoms with Gasteiger partial charge in [0.1, 0.15) is 17.4 Å². The van der Waals surface area contributed by atoms with Crippen LogP contribution in [-0.2, 0) is 27.7 Å². The van der Waals surface area contributed by atoms with Crippen molar-refractivity contribution < 1.29 is 22.4 Å². The number of benzene rings is 3. The number of rotatable bonds is 10. The van der Waals surface area contributed by atoms with Crippen LogP contribution in [0.2, 0.25) is 0 Å². The number of fused-ring (bicyclic) bond motifs is 2. The quantitative estimate of drug-likeness (QED) is 0.125. The fourth-order valence-corrected chi connectivity index (χ4v) is 6.12. The summed E-state index contributed by atoms with van der Waals surface area (Å²) in [4.78, 5) is 29.2. The Bertz CT molecular complexity index is 1890. The molecule has 0 radical (unpaired) electrons. The molecule has 212 valence electrons. The van der Waals surface area contributed by atoms with E-state index in [4.69, 9.17) is 9.15 Å². The molecule has 0 aliphatic carbocycles. The van der Waals surface area contributed by atoms with Gasteiger partial charge in [-0.3, -0.25) is 0 Å². The number of hydrogen-bond acceptors (Lipinski definition) is 6. The van der Waals surface area contributed by atoms with Crippen LogP contribution in [0.4, 0.5) is 0 Å². The molecule has 3 aromatic carbocycles. The lowest BCUT2D eigenvalue weighted by Gasteiger charge is -2.19. The summed E-state index contributed by atoms with van der Waals surface area (Å²) in [5.41, 5.74) is 3.78. The Morgan fingerprint density at radius 3 is 2.51 bits per heavy atom. The van der Waals surface area contributed by atoms with E-state index >= 15 is 0 Å². The average Bonchev–Trinajstić information content (AvgIpc) is 3.36. The molecule has 9 heteroatoms. The van der Waals surface area contributed by atoms with Crippen LogP contribution in [-0.4, -0.2) is 25.4 Å². The number of para-hydroxylation sites is 1. The largest absolute Gasteiger partial charge is 0.425 e. The monoisotopic (exact) mass is 572 g/mol. The lowest BCUT2D eigenvalue weighted by molar-refractivity contribution is -0.136. The van der Waals surface area contributed by atoms with Crippen LogP contribution in [0.25, 0.3) is 21.9 Å². The van der Waals surface area contributed by atoms with Gasteiger partial charge in [-0.1, -0.05) is 49.2 Å². The van der Waals surface area contributed by atoms with E-state index in [2.05, 4.69) is 16.6 Å². The van der Waals surface area contributed by atoms with Gasteiger partial charge in [0.25, 0.3) is 0 Å². The summed E-state index contributed by atoms with van der Waals surface area (Å²) < 4.78 is 40.5. The van der Waals surface area contributed by atoms with Crippen LogP contribution in [0.15, 0.2) is 87.0 Å². The van der Waals surface area contributed by atoms with Crippen molar-refractivity contribution in [3.8, 4) is 5.75 Å². The second-order valence-electron chi connectivity index (χ2n) is 10.2. The zero-order valence-corrected chi connectivity index (χ0v) is 24.0. The van der Waals surface area contributed by atoms with Crippen molar-refractivity contribution in [1.29, 1.82) is 0 Å². The Labute approximate surface area is 238 Å². The van der Waals surface area contributed by atoms with Gasteiger partial charge in [-0.2, -0.15) is 4.72 Å². The SMILES string of the molecule is CCCCc1cc(=O)oc2c(C)c(OC(=O)[C@@H](Cc3c[nH]c4ccccc34)NS(=O)(=O)c3ccc(C)cc3)ccc12. The zero-order valence-electron chi connectivity index (χ0n) is 23.2. The summed E-state index contributed by atoms with van der Waals surface area (Å²) in [5.74, 6) is -0.588. The van der Waals surface area contributed by atoms with E-state index in [1.54, 1.807) is 37.4 Å². The number of carbonyl (C=O) groups excluding carboxylic acids is 1. The first-order valence-corrected chi connectivity index (χ1v) is 15.1. The smallest absolute Gasteiger partial charge is 0.336 e. The molecule has 5 aromatic rings. The van der Waals surface area contributed by atoms with Gasteiger partial charge in [-0.15, -0.1) is 0 Å². The normalized spacial score (nSPS) is 12.6. The van der Waals surface area contributed by atoms with Crippen LogP contribution in [0.1, 0.15) is 42.0 Å². The molecule has 0 aliphatic heterocycles. The highest BCUT2D eigenvalue weighted by Crippen LogP contribution is 2.30. The van der Waals surface area contributed by atoms with E-state index in [0.29, 0.717) is 11.1 Å². The third-order valence-corrected chi connectivity index (χ3v) is 8.71. The molecule has 5 rings (SSSR count). The van der Waals surface area contributed by atoms with Crippen molar-refractivity contribution in [2.24, 2.45) is 0 Å². The first-order chi connectivity index (χ1) is 19.7. The standard InChI is InChI=1S/C32H32N2O6S/c1-4-5-8-22-18-30(35)40-31-21(3)29(16-15-26(22)31)39-32(36)28(17-23-19-33-27-10-7-6-9-25(23)27)34-41(37,38)24-13-11-20(2)12-14-24/h6-7,9-16,18-19,28,33-34H,4-5,8,17H2,1-3H3/t28-/m1/s1.